The molecule has 0 aromatic carbocycles. The summed E-state index contributed by atoms with van der Waals surface area (Å²) in [6.45, 7) is 0.510. The molecule has 2 aliphatic rings. The summed E-state index contributed by atoms with van der Waals surface area (Å²) in [5.74, 6) is -2.04. The summed E-state index contributed by atoms with van der Waals surface area (Å²) < 4.78 is 55.1. The topological polar surface area (TPSA) is 73.7 Å². The van der Waals surface area contributed by atoms with Gasteiger partial charge in [-0.05, 0) is 12.8 Å². The Morgan fingerprint density at radius 1 is 1.22 bits per heavy atom. The molecule has 2 heterocycles. The van der Waals surface area contributed by atoms with Gasteiger partial charge in [-0.1, -0.05) is 0 Å². The molecule has 2 fully saturated rings. The molecule has 1 spiro atoms. The molecule has 1 aliphatic heterocycles. The van der Waals surface area contributed by atoms with Crippen LogP contribution in [0.4, 0.5) is 13.2 Å². The zero-order valence-electron chi connectivity index (χ0n) is 12.3. The van der Waals surface area contributed by atoms with Gasteiger partial charge in [0.25, 0.3) is 0 Å². The summed E-state index contributed by atoms with van der Waals surface area (Å²) in [5, 5.41) is 9.05. The van der Waals surface area contributed by atoms with E-state index in [9.17, 15) is 13.2 Å². The van der Waals surface area contributed by atoms with Crippen molar-refractivity contribution < 1.29 is 32.5 Å². The van der Waals surface area contributed by atoms with E-state index in [0.29, 0.717) is 38.9 Å². The minimum Gasteiger partial charge on any atom is -0.474 e. The van der Waals surface area contributed by atoms with Crippen molar-refractivity contribution >= 4 is 0 Å². The van der Waals surface area contributed by atoms with Gasteiger partial charge in [0.05, 0.1) is 25.5 Å². The zero-order chi connectivity index (χ0) is 16.5. The third kappa shape index (κ3) is 3.73. The van der Waals surface area contributed by atoms with E-state index in [1.807, 2.05) is 0 Å². The molecule has 3 rings (SSSR count). The Balaban J connectivity index is 1.68. The lowest BCUT2D eigenvalue weighted by atomic mass is 9.92. The molecular formula is C14H17F3N2O4. The number of hydrogen-bond acceptors (Lipinski definition) is 6. The first-order valence-electron chi connectivity index (χ1n) is 7.41. The lowest BCUT2D eigenvalue weighted by Crippen LogP contribution is -2.38. The van der Waals surface area contributed by atoms with Gasteiger partial charge < -0.3 is 19.3 Å². The van der Waals surface area contributed by atoms with Crippen LogP contribution in [0.15, 0.2) is 6.07 Å². The third-order valence-corrected chi connectivity index (χ3v) is 3.97. The normalized spacial score (nSPS) is 21.7. The standard InChI is InChI=1S/C14H17F3N2O4/c15-14(16,17)12-18-9(8-20)7-11(19-12)23-10-1-3-13(4-2-10)21-5-6-22-13/h7,10,20H,1-6,8H2. The molecule has 0 amide bonds. The van der Waals surface area contributed by atoms with Crippen molar-refractivity contribution in [2.45, 2.75) is 50.4 Å². The summed E-state index contributed by atoms with van der Waals surface area (Å²) >= 11 is 0. The first kappa shape index (κ1) is 16.4. The lowest BCUT2D eigenvalue weighted by molar-refractivity contribution is -0.186. The van der Waals surface area contributed by atoms with Crippen LogP contribution in [0.2, 0.25) is 0 Å². The lowest BCUT2D eigenvalue weighted by Gasteiger charge is -2.35. The van der Waals surface area contributed by atoms with Crippen LogP contribution in [0.25, 0.3) is 0 Å². The second-order valence-electron chi connectivity index (χ2n) is 5.60. The van der Waals surface area contributed by atoms with Crippen molar-refractivity contribution in [2.75, 3.05) is 13.2 Å². The fraction of sp³-hybridized carbons (Fsp3) is 0.714. The molecule has 6 nitrogen and oxygen atoms in total. The average Bonchev–Trinajstić information content (AvgIpc) is 2.97. The highest BCUT2D eigenvalue weighted by atomic mass is 19.4. The van der Waals surface area contributed by atoms with Gasteiger partial charge in [-0.3, -0.25) is 0 Å². The number of aromatic nitrogens is 2. The van der Waals surface area contributed by atoms with E-state index in [0.717, 1.165) is 0 Å². The molecule has 0 unspecified atom stereocenters. The van der Waals surface area contributed by atoms with Crippen molar-refractivity contribution in [1.82, 2.24) is 9.97 Å². The van der Waals surface area contributed by atoms with Gasteiger partial charge >= 0.3 is 6.18 Å². The van der Waals surface area contributed by atoms with E-state index >= 15 is 0 Å². The van der Waals surface area contributed by atoms with E-state index in [-0.39, 0.29) is 17.7 Å². The van der Waals surface area contributed by atoms with Gasteiger partial charge in [0.2, 0.25) is 11.7 Å². The third-order valence-electron chi connectivity index (χ3n) is 3.97. The second-order valence-corrected chi connectivity index (χ2v) is 5.60. The molecule has 0 bridgehead atoms. The zero-order valence-corrected chi connectivity index (χ0v) is 12.3. The quantitative estimate of drug-likeness (QED) is 0.912. The Labute approximate surface area is 130 Å². The number of halogens is 3. The maximum Gasteiger partial charge on any atom is 0.451 e. The van der Waals surface area contributed by atoms with E-state index in [4.69, 9.17) is 19.3 Å². The maximum absolute atomic E-state index is 12.8. The summed E-state index contributed by atoms with van der Waals surface area (Å²) in [4.78, 5) is 6.67. The van der Waals surface area contributed by atoms with Crippen LogP contribution in [-0.2, 0) is 22.3 Å². The Morgan fingerprint density at radius 2 is 1.87 bits per heavy atom. The van der Waals surface area contributed by atoms with E-state index < -0.39 is 24.4 Å². The predicted octanol–water partition coefficient (Wildman–Crippen LogP) is 2.05. The Morgan fingerprint density at radius 3 is 2.43 bits per heavy atom. The fourth-order valence-corrected chi connectivity index (χ4v) is 2.85. The average molecular weight is 334 g/mol. The Hall–Kier alpha value is -1.45. The van der Waals surface area contributed by atoms with Crippen molar-refractivity contribution in [3.05, 3.63) is 17.6 Å². The molecule has 1 aromatic heterocycles. The van der Waals surface area contributed by atoms with Crippen LogP contribution in [0, 0.1) is 0 Å². The van der Waals surface area contributed by atoms with Gasteiger partial charge in [-0.2, -0.15) is 18.2 Å². The number of ether oxygens (including phenoxy) is 3. The predicted molar refractivity (Wildman–Crippen MR) is 70.5 cm³/mol. The highest BCUT2D eigenvalue weighted by Crippen LogP contribution is 2.37. The molecule has 1 saturated heterocycles. The van der Waals surface area contributed by atoms with Gasteiger partial charge in [-0.15, -0.1) is 0 Å². The minimum atomic E-state index is -4.69. The van der Waals surface area contributed by atoms with Gasteiger partial charge in [0.15, 0.2) is 5.79 Å². The van der Waals surface area contributed by atoms with E-state index in [1.54, 1.807) is 0 Å². The summed E-state index contributed by atoms with van der Waals surface area (Å²) in [6, 6.07) is 1.22. The molecule has 0 atom stereocenters. The molecule has 0 radical (unpaired) electrons. The highest BCUT2D eigenvalue weighted by molar-refractivity contribution is 5.17. The van der Waals surface area contributed by atoms with Gasteiger partial charge in [-0.25, -0.2) is 4.98 Å². The number of rotatable bonds is 3. The van der Waals surface area contributed by atoms with Gasteiger partial charge in [0.1, 0.15) is 6.10 Å². The van der Waals surface area contributed by atoms with Crippen LogP contribution in [0.5, 0.6) is 5.88 Å². The summed E-state index contributed by atoms with van der Waals surface area (Å²) in [5.41, 5.74) is -0.128. The van der Waals surface area contributed by atoms with Gasteiger partial charge in [0, 0.05) is 18.9 Å². The van der Waals surface area contributed by atoms with Crippen LogP contribution in [0.3, 0.4) is 0 Å². The maximum atomic E-state index is 12.8. The van der Waals surface area contributed by atoms with Crippen LogP contribution >= 0.6 is 0 Å². The first-order chi connectivity index (χ1) is 10.9. The molecular weight excluding hydrogens is 317 g/mol. The molecule has 9 heteroatoms. The second kappa shape index (κ2) is 6.21. The van der Waals surface area contributed by atoms with E-state index in [1.165, 1.54) is 6.07 Å². The van der Waals surface area contributed by atoms with Crippen molar-refractivity contribution in [2.24, 2.45) is 0 Å². The van der Waals surface area contributed by atoms with Crippen molar-refractivity contribution in [1.29, 1.82) is 0 Å². The molecule has 1 saturated carbocycles. The monoisotopic (exact) mass is 334 g/mol. The Bertz CT molecular complexity index is 551. The summed E-state index contributed by atoms with van der Waals surface area (Å²) in [7, 11) is 0. The molecule has 1 aliphatic carbocycles. The van der Waals surface area contributed by atoms with Crippen LogP contribution < -0.4 is 4.74 Å². The number of alkyl halides is 3. The largest absolute Gasteiger partial charge is 0.474 e. The van der Waals surface area contributed by atoms with Crippen molar-refractivity contribution in [3.8, 4) is 5.88 Å². The molecule has 23 heavy (non-hydrogen) atoms. The summed E-state index contributed by atoms with van der Waals surface area (Å²) in [6.07, 6.45) is -2.51. The molecule has 1 N–H and O–H groups in total. The highest BCUT2D eigenvalue weighted by Gasteiger charge is 2.41. The minimum absolute atomic E-state index is 0.128. The smallest absolute Gasteiger partial charge is 0.451 e. The van der Waals surface area contributed by atoms with Crippen LogP contribution in [0.1, 0.15) is 37.2 Å². The number of hydrogen-bond donors (Lipinski definition) is 1. The molecule has 128 valence electrons. The SMILES string of the molecule is OCc1cc(OC2CCC3(CC2)OCCO3)nc(C(F)(F)F)n1. The fourth-order valence-electron chi connectivity index (χ4n) is 2.85. The number of aliphatic hydroxyl groups is 1. The van der Waals surface area contributed by atoms with Crippen molar-refractivity contribution in [3.63, 3.8) is 0 Å². The first-order valence-corrected chi connectivity index (χ1v) is 7.41. The van der Waals surface area contributed by atoms with Crippen LogP contribution in [-0.4, -0.2) is 40.2 Å². The number of nitrogens with zero attached hydrogens (tertiary/aromatic N) is 2. The van der Waals surface area contributed by atoms with E-state index in [2.05, 4.69) is 9.97 Å². The Kier molecular flexibility index (Phi) is 4.43. The molecule has 1 aromatic rings. The number of aliphatic hydroxyl groups excluding tert-OH is 1.